The molecule has 0 spiro atoms. The number of aromatic nitrogens is 1. The maximum Gasteiger partial charge on any atom is 0.0820 e. The van der Waals surface area contributed by atoms with Crippen molar-refractivity contribution in [2.24, 2.45) is 5.41 Å². The Hall–Kier alpha value is -0.800. The lowest BCUT2D eigenvalue weighted by Gasteiger charge is -2.16. The monoisotopic (exact) mass is 240 g/mol. The highest BCUT2D eigenvalue weighted by molar-refractivity contribution is 6.33. The van der Waals surface area contributed by atoms with E-state index in [0.29, 0.717) is 10.4 Å². The number of hydrogen-bond donors (Lipinski definition) is 1. The highest BCUT2D eigenvalue weighted by Gasteiger charge is 2.41. The van der Waals surface area contributed by atoms with Crippen molar-refractivity contribution < 1.29 is 4.74 Å². The number of nitrogens with one attached hydrogen (secondary N) is 1. The maximum absolute atomic E-state index is 6.03. The van der Waals surface area contributed by atoms with E-state index >= 15 is 0 Å². The first-order valence-electron chi connectivity index (χ1n) is 5.58. The molecule has 1 heterocycles. The molecule has 0 aliphatic heterocycles. The van der Waals surface area contributed by atoms with Crippen molar-refractivity contribution in [3.05, 3.63) is 23.5 Å². The molecule has 0 atom stereocenters. The van der Waals surface area contributed by atoms with Crippen LogP contribution in [0, 0.1) is 5.41 Å². The number of nitrogens with zero attached hydrogens (tertiary/aromatic N) is 1. The van der Waals surface area contributed by atoms with Crippen LogP contribution in [0.15, 0.2) is 18.5 Å². The Balaban J connectivity index is 1.85. The van der Waals surface area contributed by atoms with Gasteiger partial charge in [0.1, 0.15) is 0 Å². The van der Waals surface area contributed by atoms with Gasteiger partial charge in [0.2, 0.25) is 0 Å². The molecule has 1 aromatic rings. The van der Waals surface area contributed by atoms with Gasteiger partial charge in [-0.3, -0.25) is 4.98 Å². The van der Waals surface area contributed by atoms with E-state index in [1.54, 1.807) is 19.5 Å². The normalized spacial score (nSPS) is 17.1. The molecule has 2 rings (SSSR count). The van der Waals surface area contributed by atoms with E-state index in [2.05, 4.69) is 10.3 Å². The molecule has 1 aliphatic rings. The van der Waals surface area contributed by atoms with Gasteiger partial charge >= 0.3 is 0 Å². The molecule has 1 N–H and O–H groups in total. The average molecular weight is 241 g/mol. The van der Waals surface area contributed by atoms with Crippen molar-refractivity contribution in [2.45, 2.75) is 19.3 Å². The summed E-state index contributed by atoms with van der Waals surface area (Å²) in [4.78, 5) is 3.96. The average Bonchev–Trinajstić information content (AvgIpc) is 3.06. The van der Waals surface area contributed by atoms with E-state index in [9.17, 15) is 0 Å². The minimum atomic E-state index is 0.433. The van der Waals surface area contributed by atoms with Crippen molar-refractivity contribution >= 4 is 17.3 Å². The fourth-order valence-corrected chi connectivity index (χ4v) is 2.00. The summed E-state index contributed by atoms with van der Waals surface area (Å²) in [5.41, 5.74) is 1.41. The largest absolute Gasteiger partial charge is 0.385 e. The van der Waals surface area contributed by atoms with Crippen molar-refractivity contribution in [2.75, 3.05) is 25.6 Å². The Morgan fingerprint density at radius 3 is 3.00 bits per heavy atom. The Kier molecular flexibility index (Phi) is 3.66. The van der Waals surface area contributed by atoms with Gasteiger partial charge in [-0.2, -0.15) is 0 Å². The predicted octanol–water partition coefficient (Wildman–Crippen LogP) is 2.96. The van der Waals surface area contributed by atoms with Gasteiger partial charge in [-0.25, -0.2) is 0 Å². The third-order valence-corrected chi connectivity index (χ3v) is 3.52. The molecule has 88 valence electrons. The fourth-order valence-electron chi connectivity index (χ4n) is 1.81. The summed E-state index contributed by atoms with van der Waals surface area (Å²) in [6.45, 7) is 1.81. The number of anilines is 1. The molecule has 3 nitrogen and oxygen atoms in total. The second-order valence-corrected chi connectivity index (χ2v) is 4.86. The molecule has 4 heteroatoms. The van der Waals surface area contributed by atoms with E-state index in [0.717, 1.165) is 25.3 Å². The van der Waals surface area contributed by atoms with Gasteiger partial charge in [-0.1, -0.05) is 11.6 Å². The van der Waals surface area contributed by atoms with Crippen LogP contribution in [0.2, 0.25) is 5.02 Å². The van der Waals surface area contributed by atoms with Crippen molar-refractivity contribution in [3.8, 4) is 0 Å². The van der Waals surface area contributed by atoms with Crippen molar-refractivity contribution in [1.29, 1.82) is 0 Å². The first-order valence-corrected chi connectivity index (χ1v) is 5.96. The maximum atomic E-state index is 6.03. The molecule has 0 aromatic carbocycles. The Morgan fingerprint density at radius 1 is 1.56 bits per heavy atom. The lowest BCUT2D eigenvalue weighted by Crippen LogP contribution is -2.17. The Labute approximate surface area is 101 Å². The molecule has 0 saturated heterocycles. The van der Waals surface area contributed by atoms with Crippen LogP contribution >= 0.6 is 11.6 Å². The molecule has 1 aromatic heterocycles. The van der Waals surface area contributed by atoms with Crippen LogP contribution in [0.1, 0.15) is 19.3 Å². The second kappa shape index (κ2) is 5.02. The Morgan fingerprint density at radius 2 is 2.38 bits per heavy atom. The van der Waals surface area contributed by atoms with E-state index < -0.39 is 0 Å². The van der Waals surface area contributed by atoms with Gasteiger partial charge < -0.3 is 10.1 Å². The summed E-state index contributed by atoms with van der Waals surface area (Å²) >= 11 is 6.03. The summed E-state index contributed by atoms with van der Waals surface area (Å²) < 4.78 is 5.13. The van der Waals surface area contributed by atoms with Crippen LogP contribution in [0.25, 0.3) is 0 Å². The summed E-state index contributed by atoms with van der Waals surface area (Å²) in [5, 5.41) is 4.08. The van der Waals surface area contributed by atoms with Crippen LogP contribution in [0.5, 0.6) is 0 Å². The number of hydrogen-bond acceptors (Lipinski definition) is 3. The van der Waals surface area contributed by atoms with E-state index in [1.807, 2.05) is 6.07 Å². The summed E-state index contributed by atoms with van der Waals surface area (Å²) in [7, 11) is 1.75. The molecular formula is C12H17ClN2O. The van der Waals surface area contributed by atoms with Gasteiger partial charge in [0.15, 0.2) is 0 Å². The van der Waals surface area contributed by atoms with E-state index in [4.69, 9.17) is 16.3 Å². The Bertz CT molecular complexity index is 353. The first-order chi connectivity index (χ1) is 7.76. The number of pyridine rings is 1. The van der Waals surface area contributed by atoms with Crippen LogP contribution in [0.3, 0.4) is 0 Å². The topological polar surface area (TPSA) is 34.1 Å². The zero-order chi connectivity index (χ0) is 11.4. The third kappa shape index (κ3) is 2.86. The third-order valence-electron chi connectivity index (χ3n) is 3.22. The number of rotatable bonds is 6. The van der Waals surface area contributed by atoms with Gasteiger partial charge in [0.05, 0.1) is 10.7 Å². The standard InChI is InChI=1S/C12H17ClN2O/c1-16-7-5-12(3-4-12)9-15-11-2-6-14-8-10(11)13/h2,6,8H,3-5,7,9H2,1H3,(H,14,15). The van der Waals surface area contributed by atoms with Gasteiger partial charge in [-0.05, 0) is 30.7 Å². The molecule has 1 aliphatic carbocycles. The van der Waals surface area contributed by atoms with Gasteiger partial charge in [0.25, 0.3) is 0 Å². The second-order valence-electron chi connectivity index (χ2n) is 4.45. The summed E-state index contributed by atoms with van der Waals surface area (Å²) in [6, 6.07) is 1.91. The zero-order valence-corrected chi connectivity index (χ0v) is 10.3. The van der Waals surface area contributed by atoms with Crippen LogP contribution in [0.4, 0.5) is 5.69 Å². The van der Waals surface area contributed by atoms with E-state index in [1.165, 1.54) is 12.8 Å². The van der Waals surface area contributed by atoms with Crippen molar-refractivity contribution in [1.82, 2.24) is 4.98 Å². The number of halogens is 1. The van der Waals surface area contributed by atoms with Crippen molar-refractivity contribution in [3.63, 3.8) is 0 Å². The molecule has 0 amide bonds. The van der Waals surface area contributed by atoms with E-state index in [-0.39, 0.29) is 0 Å². The number of ether oxygens (including phenoxy) is 1. The van der Waals surface area contributed by atoms with Crippen LogP contribution in [-0.4, -0.2) is 25.2 Å². The van der Waals surface area contributed by atoms with Crippen LogP contribution in [-0.2, 0) is 4.74 Å². The minimum Gasteiger partial charge on any atom is -0.385 e. The molecule has 0 unspecified atom stereocenters. The lowest BCUT2D eigenvalue weighted by molar-refractivity contribution is 0.175. The highest BCUT2D eigenvalue weighted by atomic mass is 35.5. The minimum absolute atomic E-state index is 0.433. The molecule has 1 fully saturated rings. The quantitative estimate of drug-likeness (QED) is 0.830. The lowest BCUT2D eigenvalue weighted by atomic mass is 10.0. The molecule has 1 saturated carbocycles. The number of methoxy groups -OCH3 is 1. The molecule has 16 heavy (non-hydrogen) atoms. The van der Waals surface area contributed by atoms with Crippen LogP contribution < -0.4 is 5.32 Å². The molecule has 0 radical (unpaired) electrons. The van der Waals surface area contributed by atoms with Gasteiger partial charge in [0, 0.05) is 32.7 Å². The SMILES string of the molecule is COCCC1(CNc2ccncc2Cl)CC1. The summed E-state index contributed by atoms with van der Waals surface area (Å²) in [5.74, 6) is 0. The smallest absolute Gasteiger partial charge is 0.0820 e. The first kappa shape index (κ1) is 11.7. The predicted molar refractivity (Wildman–Crippen MR) is 65.9 cm³/mol. The zero-order valence-electron chi connectivity index (χ0n) is 9.50. The van der Waals surface area contributed by atoms with Gasteiger partial charge in [-0.15, -0.1) is 0 Å². The highest BCUT2D eigenvalue weighted by Crippen LogP contribution is 2.48. The molecular weight excluding hydrogens is 224 g/mol. The summed E-state index contributed by atoms with van der Waals surface area (Å²) in [6.07, 6.45) is 7.11. The molecule has 0 bridgehead atoms. The fraction of sp³-hybridized carbons (Fsp3) is 0.583.